The summed E-state index contributed by atoms with van der Waals surface area (Å²) < 4.78 is 51.3. The fourth-order valence-electron chi connectivity index (χ4n) is 2.80. The lowest BCUT2D eigenvalue weighted by Crippen LogP contribution is -2.33. The van der Waals surface area contributed by atoms with Crippen LogP contribution in [0, 0.1) is 5.92 Å². The van der Waals surface area contributed by atoms with E-state index in [1.165, 1.54) is 28.6 Å². The van der Waals surface area contributed by atoms with Crippen LogP contribution in [0.25, 0.3) is 0 Å². The number of benzene rings is 1. The van der Waals surface area contributed by atoms with E-state index in [1.807, 2.05) is 0 Å². The summed E-state index contributed by atoms with van der Waals surface area (Å²) in [5.41, 5.74) is 0.148. The molecule has 1 atom stereocenters. The molecular weight excluding hydrogens is 354 g/mol. The Morgan fingerprint density at radius 2 is 1.83 bits per heavy atom. The Morgan fingerprint density at radius 3 is 2.29 bits per heavy atom. The zero-order chi connectivity index (χ0) is 17.7. The molecule has 2 aliphatic heterocycles. The first-order chi connectivity index (χ1) is 11.1. The van der Waals surface area contributed by atoms with E-state index in [4.69, 9.17) is 0 Å². The molecule has 1 fully saturated rings. The highest BCUT2D eigenvalue weighted by Gasteiger charge is 2.42. The van der Waals surface area contributed by atoms with E-state index in [0.717, 1.165) is 4.31 Å². The molecule has 24 heavy (non-hydrogen) atoms. The average molecular weight is 371 g/mol. The SMILES string of the molecule is CC1=NCCN1S(=O)(=O)c1ccc(N2C(=O)C(C)CS2(=O)=O)cc1. The molecule has 1 aromatic carbocycles. The first-order valence-corrected chi connectivity index (χ1v) is 10.4. The molecule has 0 spiro atoms. The van der Waals surface area contributed by atoms with Crippen LogP contribution in [0.5, 0.6) is 0 Å². The molecule has 1 amide bonds. The van der Waals surface area contributed by atoms with Crippen molar-refractivity contribution in [2.45, 2.75) is 18.7 Å². The van der Waals surface area contributed by atoms with E-state index < -0.39 is 31.9 Å². The fourth-order valence-corrected chi connectivity index (χ4v) is 6.09. The van der Waals surface area contributed by atoms with E-state index >= 15 is 0 Å². The van der Waals surface area contributed by atoms with Crippen molar-refractivity contribution in [1.82, 2.24) is 4.31 Å². The highest BCUT2D eigenvalue weighted by molar-refractivity contribution is 7.94. The maximum atomic E-state index is 12.6. The van der Waals surface area contributed by atoms with E-state index in [9.17, 15) is 21.6 Å². The van der Waals surface area contributed by atoms with Gasteiger partial charge in [-0.1, -0.05) is 6.92 Å². The molecule has 0 radical (unpaired) electrons. The number of carbonyl (C=O) groups excluding carboxylic acids is 1. The summed E-state index contributed by atoms with van der Waals surface area (Å²) in [6, 6.07) is 5.29. The summed E-state index contributed by atoms with van der Waals surface area (Å²) in [5.74, 6) is -0.935. The van der Waals surface area contributed by atoms with Crippen LogP contribution in [-0.4, -0.2) is 51.7 Å². The van der Waals surface area contributed by atoms with E-state index in [0.29, 0.717) is 12.4 Å². The van der Waals surface area contributed by atoms with Crippen LogP contribution < -0.4 is 4.31 Å². The molecule has 130 valence electrons. The summed E-state index contributed by atoms with van der Waals surface area (Å²) in [7, 11) is -7.44. The second-order valence-corrected chi connectivity index (χ2v) is 9.51. The molecule has 1 saturated heterocycles. The molecule has 1 unspecified atom stereocenters. The maximum absolute atomic E-state index is 12.6. The Bertz CT molecular complexity index is 920. The van der Waals surface area contributed by atoms with Crippen molar-refractivity contribution in [2.75, 3.05) is 23.1 Å². The molecule has 2 aliphatic rings. The number of aliphatic imine (C=N–C) groups is 1. The minimum atomic E-state index is -3.73. The summed E-state index contributed by atoms with van der Waals surface area (Å²) in [6.45, 7) is 3.87. The summed E-state index contributed by atoms with van der Waals surface area (Å²) in [4.78, 5) is 16.1. The third kappa shape index (κ3) is 2.59. The highest BCUT2D eigenvalue weighted by Crippen LogP contribution is 2.29. The maximum Gasteiger partial charge on any atom is 0.265 e. The zero-order valence-corrected chi connectivity index (χ0v) is 14.8. The zero-order valence-electron chi connectivity index (χ0n) is 13.2. The normalized spacial score (nSPS) is 23.7. The first-order valence-electron chi connectivity index (χ1n) is 7.35. The van der Waals surface area contributed by atoms with Crippen LogP contribution in [0.15, 0.2) is 34.2 Å². The van der Waals surface area contributed by atoms with Crippen molar-refractivity contribution in [3.8, 4) is 0 Å². The number of hydrogen-bond acceptors (Lipinski definition) is 6. The Balaban J connectivity index is 1.95. The van der Waals surface area contributed by atoms with Gasteiger partial charge in [0.05, 0.1) is 35.3 Å². The number of anilines is 1. The van der Waals surface area contributed by atoms with Gasteiger partial charge in [-0.3, -0.25) is 14.1 Å². The molecule has 0 N–H and O–H groups in total. The van der Waals surface area contributed by atoms with Gasteiger partial charge in [0.25, 0.3) is 10.0 Å². The standard InChI is InChI=1S/C14H17N3O5S2/c1-10-9-23(19,20)17(14(10)18)12-3-5-13(6-4-12)24(21,22)16-8-7-15-11(16)2/h3-6,10H,7-9H2,1-2H3. The highest BCUT2D eigenvalue weighted by atomic mass is 32.2. The van der Waals surface area contributed by atoms with Crippen LogP contribution in [0.2, 0.25) is 0 Å². The minimum absolute atomic E-state index is 0.0276. The van der Waals surface area contributed by atoms with Crippen molar-refractivity contribution >= 4 is 37.5 Å². The van der Waals surface area contributed by atoms with Crippen molar-refractivity contribution in [3.63, 3.8) is 0 Å². The smallest absolute Gasteiger partial charge is 0.265 e. The van der Waals surface area contributed by atoms with Gasteiger partial charge < -0.3 is 0 Å². The molecular formula is C14H17N3O5S2. The predicted molar refractivity (Wildman–Crippen MR) is 88.7 cm³/mol. The van der Waals surface area contributed by atoms with Gasteiger partial charge >= 0.3 is 0 Å². The number of amidine groups is 1. The lowest BCUT2D eigenvalue weighted by molar-refractivity contribution is -0.119. The van der Waals surface area contributed by atoms with E-state index in [2.05, 4.69) is 4.99 Å². The van der Waals surface area contributed by atoms with Crippen molar-refractivity contribution in [1.29, 1.82) is 0 Å². The molecule has 0 saturated carbocycles. The second-order valence-electron chi connectivity index (χ2n) is 5.78. The number of carbonyl (C=O) groups is 1. The van der Waals surface area contributed by atoms with Gasteiger partial charge in [-0.05, 0) is 31.2 Å². The van der Waals surface area contributed by atoms with Gasteiger partial charge in [0, 0.05) is 0 Å². The second kappa shape index (κ2) is 5.55. The van der Waals surface area contributed by atoms with Gasteiger partial charge in [-0.2, -0.15) is 0 Å². The molecule has 8 nitrogen and oxygen atoms in total. The van der Waals surface area contributed by atoms with Crippen LogP contribution in [0.1, 0.15) is 13.8 Å². The number of amides is 1. The lowest BCUT2D eigenvalue weighted by atomic mass is 10.2. The monoisotopic (exact) mass is 371 g/mol. The molecule has 3 rings (SSSR count). The molecule has 0 aliphatic carbocycles. The molecule has 2 heterocycles. The Hall–Kier alpha value is -1.94. The van der Waals surface area contributed by atoms with Crippen molar-refractivity contribution in [3.05, 3.63) is 24.3 Å². The van der Waals surface area contributed by atoms with Gasteiger partial charge in [0.1, 0.15) is 5.84 Å². The van der Waals surface area contributed by atoms with Gasteiger partial charge in [-0.15, -0.1) is 0 Å². The average Bonchev–Trinajstić information content (AvgIpc) is 3.01. The molecule has 1 aromatic rings. The molecule has 10 heteroatoms. The largest absolute Gasteiger partial charge is 0.273 e. The topological polar surface area (TPSA) is 104 Å². The summed E-state index contributed by atoms with van der Waals surface area (Å²) in [5, 5.41) is 0. The van der Waals surface area contributed by atoms with Crippen LogP contribution in [0.4, 0.5) is 5.69 Å². The predicted octanol–water partition coefficient (Wildman–Crippen LogP) is 0.422. The minimum Gasteiger partial charge on any atom is -0.273 e. The van der Waals surface area contributed by atoms with Gasteiger partial charge in [-0.25, -0.2) is 21.1 Å². The third-order valence-corrected chi connectivity index (χ3v) is 7.79. The van der Waals surface area contributed by atoms with Crippen LogP contribution in [-0.2, 0) is 24.8 Å². The number of nitrogens with zero attached hydrogens (tertiary/aromatic N) is 3. The fraction of sp³-hybridized carbons (Fsp3) is 0.429. The third-order valence-electron chi connectivity index (χ3n) is 4.02. The summed E-state index contributed by atoms with van der Waals surface area (Å²) in [6.07, 6.45) is 0. The number of sulfonamides is 2. The molecule has 0 aromatic heterocycles. The Kier molecular flexibility index (Phi) is 3.91. The number of rotatable bonds is 3. The summed E-state index contributed by atoms with van der Waals surface area (Å²) >= 11 is 0. The van der Waals surface area contributed by atoms with E-state index in [-0.39, 0.29) is 22.9 Å². The first kappa shape index (κ1) is 16.9. The van der Waals surface area contributed by atoms with Crippen LogP contribution >= 0.6 is 0 Å². The van der Waals surface area contributed by atoms with Crippen LogP contribution in [0.3, 0.4) is 0 Å². The van der Waals surface area contributed by atoms with Crippen molar-refractivity contribution < 1.29 is 21.6 Å². The number of hydrogen-bond donors (Lipinski definition) is 0. The lowest BCUT2D eigenvalue weighted by Gasteiger charge is -2.19. The van der Waals surface area contributed by atoms with Crippen molar-refractivity contribution in [2.24, 2.45) is 10.9 Å². The molecule has 0 bridgehead atoms. The Morgan fingerprint density at radius 1 is 1.21 bits per heavy atom. The van der Waals surface area contributed by atoms with Gasteiger partial charge in [0.15, 0.2) is 0 Å². The quantitative estimate of drug-likeness (QED) is 0.766. The van der Waals surface area contributed by atoms with E-state index in [1.54, 1.807) is 13.8 Å². The van der Waals surface area contributed by atoms with Gasteiger partial charge in [0.2, 0.25) is 15.9 Å². The Labute approximate surface area is 140 Å².